The van der Waals surface area contributed by atoms with E-state index >= 15 is 0 Å². The molecule has 2 aromatic carbocycles. The Kier molecular flexibility index (Phi) is 8.86. The van der Waals surface area contributed by atoms with E-state index < -0.39 is 5.91 Å². The second-order valence-electron chi connectivity index (χ2n) is 6.77. The second-order valence-corrected chi connectivity index (χ2v) is 6.77. The number of hydrogen-bond acceptors (Lipinski definition) is 4. The maximum atomic E-state index is 11.9. The third kappa shape index (κ3) is 6.45. The smallest absolute Gasteiger partial charge is 0.251 e. The van der Waals surface area contributed by atoms with Gasteiger partial charge in [0.1, 0.15) is 11.3 Å². The fraction of sp³-hybridized carbons (Fsp3) is 0.227. The molecule has 8 nitrogen and oxygen atoms in total. The molecule has 0 unspecified atom stereocenters. The summed E-state index contributed by atoms with van der Waals surface area (Å²) >= 11 is 0. The summed E-state index contributed by atoms with van der Waals surface area (Å²) in [6.45, 7) is 2.90. The van der Waals surface area contributed by atoms with Gasteiger partial charge in [-0.2, -0.15) is 0 Å². The standard InChI is InChI=1S/C22H25N5O3.HI/c1-14-17-5-3-4-6-18(17)30-19(14)12-27-22(24-2)26-11-15-7-9-16(10-8-15)21(29)25-13-20(23)28;/h3-10H,11-13H2,1-2H3,(H2,23,28)(H,25,29)(H2,24,26,27);1H. The van der Waals surface area contributed by atoms with Crippen LogP contribution in [-0.4, -0.2) is 31.4 Å². The first-order valence-electron chi connectivity index (χ1n) is 9.55. The van der Waals surface area contributed by atoms with Crippen molar-refractivity contribution in [1.82, 2.24) is 16.0 Å². The van der Waals surface area contributed by atoms with Crippen molar-refractivity contribution < 1.29 is 14.0 Å². The van der Waals surface area contributed by atoms with Gasteiger partial charge in [0.15, 0.2) is 5.96 Å². The van der Waals surface area contributed by atoms with Crippen LogP contribution in [0.2, 0.25) is 0 Å². The molecule has 0 saturated heterocycles. The number of primary amides is 1. The third-order valence-corrected chi connectivity index (χ3v) is 4.68. The number of furan rings is 1. The molecule has 0 fully saturated rings. The molecule has 0 aliphatic rings. The molecule has 3 rings (SSSR count). The number of para-hydroxylation sites is 1. The van der Waals surface area contributed by atoms with Crippen LogP contribution in [0.1, 0.15) is 27.2 Å². The van der Waals surface area contributed by atoms with Crippen molar-refractivity contribution in [2.75, 3.05) is 13.6 Å². The monoisotopic (exact) mass is 535 g/mol. The van der Waals surface area contributed by atoms with Crippen molar-refractivity contribution >= 4 is 52.7 Å². The van der Waals surface area contributed by atoms with Gasteiger partial charge >= 0.3 is 0 Å². The molecule has 1 heterocycles. The number of fused-ring (bicyclic) bond motifs is 1. The predicted octanol–water partition coefficient (Wildman–Crippen LogP) is 2.44. The van der Waals surface area contributed by atoms with E-state index in [0.29, 0.717) is 24.6 Å². The number of halogens is 1. The highest BCUT2D eigenvalue weighted by Gasteiger charge is 2.10. The summed E-state index contributed by atoms with van der Waals surface area (Å²) in [5, 5.41) is 10.1. The van der Waals surface area contributed by atoms with E-state index in [-0.39, 0.29) is 36.4 Å². The zero-order valence-electron chi connectivity index (χ0n) is 17.4. The zero-order valence-corrected chi connectivity index (χ0v) is 19.7. The average molecular weight is 535 g/mol. The normalized spacial score (nSPS) is 11.0. The first kappa shape index (κ1) is 24.2. The van der Waals surface area contributed by atoms with Gasteiger partial charge in [-0.05, 0) is 30.7 Å². The first-order chi connectivity index (χ1) is 14.5. The van der Waals surface area contributed by atoms with Crippen LogP contribution in [-0.2, 0) is 17.9 Å². The lowest BCUT2D eigenvalue weighted by Gasteiger charge is -2.12. The number of amides is 2. The Morgan fingerprint density at radius 1 is 1.00 bits per heavy atom. The maximum Gasteiger partial charge on any atom is 0.251 e. The van der Waals surface area contributed by atoms with Crippen LogP contribution in [0.4, 0.5) is 0 Å². The largest absolute Gasteiger partial charge is 0.459 e. The topological polar surface area (TPSA) is 122 Å². The van der Waals surface area contributed by atoms with Crippen LogP contribution in [0.3, 0.4) is 0 Å². The van der Waals surface area contributed by atoms with Crippen molar-refractivity contribution in [2.24, 2.45) is 10.7 Å². The quantitative estimate of drug-likeness (QED) is 0.211. The molecule has 0 radical (unpaired) electrons. The van der Waals surface area contributed by atoms with Crippen LogP contribution in [0, 0.1) is 6.92 Å². The highest BCUT2D eigenvalue weighted by molar-refractivity contribution is 14.0. The first-order valence-corrected chi connectivity index (χ1v) is 9.55. The Balaban J connectivity index is 0.00000341. The van der Waals surface area contributed by atoms with Gasteiger partial charge in [0, 0.05) is 30.1 Å². The van der Waals surface area contributed by atoms with Crippen molar-refractivity contribution in [3.05, 3.63) is 71.0 Å². The molecule has 0 aliphatic heterocycles. The Labute approximate surface area is 197 Å². The van der Waals surface area contributed by atoms with Gasteiger partial charge in [-0.25, -0.2) is 0 Å². The number of carbonyl (C=O) groups is 2. The number of nitrogens with zero attached hydrogens (tertiary/aromatic N) is 1. The minimum absolute atomic E-state index is 0. The molecule has 31 heavy (non-hydrogen) atoms. The summed E-state index contributed by atoms with van der Waals surface area (Å²) in [7, 11) is 1.70. The summed E-state index contributed by atoms with van der Waals surface area (Å²) in [6, 6.07) is 15.0. The molecule has 5 N–H and O–H groups in total. The van der Waals surface area contributed by atoms with Gasteiger partial charge in [-0.3, -0.25) is 14.6 Å². The van der Waals surface area contributed by atoms with E-state index in [0.717, 1.165) is 27.9 Å². The minimum atomic E-state index is -0.583. The minimum Gasteiger partial charge on any atom is -0.459 e. The lowest BCUT2D eigenvalue weighted by molar-refractivity contribution is -0.117. The molecular weight excluding hydrogens is 509 g/mol. The Hall–Kier alpha value is -3.08. The molecule has 164 valence electrons. The summed E-state index contributed by atoms with van der Waals surface area (Å²) in [4.78, 5) is 26.9. The number of benzene rings is 2. The average Bonchev–Trinajstić information content (AvgIpc) is 3.08. The Morgan fingerprint density at radius 2 is 1.68 bits per heavy atom. The molecule has 2 amide bonds. The fourth-order valence-electron chi connectivity index (χ4n) is 3.01. The second kappa shape index (κ2) is 11.3. The van der Waals surface area contributed by atoms with E-state index in [1.165, 1.54) is 0 Å². The molecule has 0 atom stereocenters. The highest BCUT2D eigenvalue weighted by Crippen LogP contribution is 2.24. The number of aliphatic imine (C=N–C) groups is 1. The SMILES string of the molecule is CN=C(NCc1ccc(C(=O)NCC(N)=O)cc1)NCc1oc2ccccc2c1C.I. The zero-order chi connectivity index (χ0) is 21.5. The fourth-order valence-corrected chi connectivity index (χ4v) is 3.01. The number of aryl methyl sites for hydroxylation is 1. The summed E-state index contributed by atoms with van der Waals surface area (Å²) in [5.41, 5.74) is 8.45. The molecule has 0 aliphatic carbocycles. The van der Waals surface area contributed by atoms with Crippen LogP contribution in [0.25, 0.3) is 11.0 Å². The highest BCUT2D eigenvalue weighted by atomic mass is 127. The van der Waals surface area contributed by atoms with Crippen LogP contribution >= 0.6 is 24.0 Å². The molecule has 9 heteroatoms. The van der Waals surface area contributed by atoms with Crippen LogP contribution in [0.15, 0.2) is 57.9 Å². The molecule has 0 spiro atoms. The summed E-state index contributed by atoms with van der Waals surface area (Å²) < 4.78 is 5.91. The lowest BCUT2D eigenvalue weighted by atomic mass is 10.1. The van der Waals surface area contributed by atoms with Crippen LogP contribution in [0.5, 0.6) is 0 Å². The number of guanidine groups is 1. The molecule has 0 saturated carbocycles. The van der Waals surface area contributed by atoms with Crippen molar-refractivity contribution in [3.8, 4) is 0 Å². The maximum absolute atomic E-state index is 11.9. The molecule has 1 aromatic heterocycles. The van der Waals surface area contributed by atoms with E-state index in [9.17, 15) is 9.59 Å². The number of nitrogens with two attached hydrogens (primary N) is 1. The van der Waals surface area contributed by atoms with E-state index in [2.05, 4.69) is 20.9 Å². The van der Waals surface area contributed by atoms with Crippen molar-refractivity contribution in [1.29, 1.82) is 0 Å². The number of nitrogens with one attached hydrogen (secondary N) is 3. The van der Waals surface area contributed by atoms with Gasteiger partial charge in [0.2, 0.25) is 5.91 Å². The summed E-state index contributed by atoms with van der Waals surface area (Å²) in [6.07, 6.45) is 0. The number of carbonyl (C=O) groups excluding carboxylic acids is 2. The predicted molar refractivity (Wildman–Crippen MR) is 131 cm³/mol. The number of rotatable bonds is 7. The van der Waals surface area contributed by atoms with E-state index in [4.69, 9.17) is 10.2 Å². The van der Waals surface area contributed by atoms with Gasteiger partial charge in [-0.1, -0.05) is 30.3 Å². The van der Waals surface area contributed by atoms with Crippen molar-refractivity contribution in [2.45, 2.75) is 20.0 Å². The lowest BCUT2D eigenvalue weighted by Crippen LogP contribution is -2.36. The Bertz CT molecular complexity index is 1080. The third-order valence-electron chi connectivity index (χ3n) is 4.68. The van der Waals surface area contributed by atoms with Gasteiger partial charge in [0.05, 0.1) is 13.1 Å². The van der Waals surface area contributed by atoms with Gasteiger partial charge < -0.3 is 26.1 Å². The van der Waals surface area contributed by atoms with Crippen molar-refractivity contribution in [3.63, 3.8) is 0 Å². The van der Waals surface area contributed by atoms with E-state index in [1.54, 1.807) is 19.2 Å². The molecule has 3 aromatic rings. The molecule has 0 bridgehead atoms. The Morgan fingerprint density at radius 3 is 2.32 bits per heavy atom. The van der Waals surface area contributed by atoms with E-state index in [1.807, 2.05) is 43.3 Å². The number of hydrogen-bond donors (Lipinski definition) is 4. The van der Waals surface area contributed by atoms with Gasteiger partial charge in [-0.15, -0.1) is 24.0 Å². The summed E-state index contributed by atoms with van der Waals surface area (Å²) in [5.74, 6) is 0.580. The van der Waals surface area contributed by atoms with Crippen LogP contribution < -0.4 is 21.7 Å². The molecular formula is C22H26IN5O3. The van der Waals surface area contributed by atoms with Gasteiger partial charge in [0.25, 0.3) is 5.91 Å².